The average molecular weight is 380 g/mol. The van der Waals surface area contributed by atoms with Crippen molar-refractivity contribution in [3.05, 3.63) is 29.3 Å². The second-order valence-electron chi connectivity index (χ2n) is 6.89. The molecule has 2 aliphatic rings. The first-order valence-corrected chi connectivity index (χ1v) is 9.64. The van der Waals surface area contributed by atoms with Crippen LogP contribution in [-0.4, -0.2) is 67.6 Å². The highest BCUT2D eigenvalue weighted by Gasteiger charge is 2.30. The fraction of sp³-hybridized carbons (Fsp3) is 0.579. The molecule has 2 saturated heterocycles. The number of piperidine rings is 1. The molecule has 26 heavy (non-hydrogen) atoms. The first kappa shape index (κ1) is 19.1. The Morgan fingerprint density at radius 2 is 2.04 bits per heavy atom. The van der Waals surface area contributed by atoms with Crippen LogP contribution in [0.5, 0.6) is 0 Å². The second kappa shape index (κ2) is 9.35. The summed E-state index contributed by atoms with van der Waals surface area (Å²) in [5, 5.41) is 3.47. The van der Waals surface area contributed by atoms with E-state index in [0.717, 1.165) is 25.9 Å². The molecule has 1 aromatic rings. The summed E-state index contributed by atoms with van der Waals surface area (Å²) >= 11 is 5.93. The van der Waals surface area contributed by atoms with Gasteiger partial charge in [0.1, 0.15) is 0 Å². The van der Waals surface area contributed by atoms with Crippen LogP contribution in [0, 0.1) is 5.92 Å². The number of halogens is 1. The zero-order valence-corrected chi connectivity index (χ0v) is 15.7. The molecule has 7 heteroatoms. The van der Waals surface area contributed by atoms with Crippen LogP contribution in [0.25, 0.3) is 0 Å². The second-order valence-corrected chi connectivity index (χ2v) is 7.32. The van der Waals surface area contributed by atoms with E-state index in [1.165, 1.54) is 0 Å². The van der Waals surface area contributed by atoms with Gasteiger partial charge in [0.2, 0.25) is 11.8 Å². The maximum absolute atomic E-state index is 12.7. The minimum absolute atomic E-state index is 0.0334. The minimum Gasteiger partial charge on any atom is -0.378 e. The predicted octanol–water partition coefficient (Wildman–Crippen LogP) is 2.24. The summed E-state index contributed by atoms with van der Waals surface area (Å²) in [6, 6.07) is 7.14. The van der Waals surface area contributed by atoms with Crippen LogP contribution >= 0.6 is 11.6 Å². The number of nitrogens with one attached hydrogen (secondary N) is 1. The van der Waals surface area contributed by atoms with E-state index in [4.69, 9.17) is 16.3 Å². The van der Waals surface area contributed by atoms with E-state index < -0.39 is 0 Å². The summed E-state index contributed by atoms with van der Waals surface area (Å²) in [4.78, 5) is 29.0. The fourth-order valence-corrected chi connectivity index (χ4v) is 3.74. The molecule has 0 spiro atoms. The third-order valence-electron chi connectivity index (χ3n) is 4.94. The molecule has 1 aromatic carbocycles. The summed E-state index contributed by atoms with van der Waals surface area (Å²) < 4.78 is 5.32. The van der Waals surface area contributed by atoms with Crippen LogP contribution in [0.3, 0.4) is 0 Å². The minimum atomic E-state index is -0.0334. The van der Waals surface area contributed by atoms with E-state index in [1.54, 1.807) is 12.1 Å². The smallest absolute Gasteiger partial charge is 0.227 e. The molecule has 1 N–H and O–H groups in total. The summed E-state index contributed by atoms with van der Waals surface area (Å²) in [5.74, 6) is 0.244. The van der Waals surface area contributed by atoms with Crippen molar-refractivity contribution in [2.75, 3.05) is 51.3 Å². The van der Waals surface area contributed by atoms with Crippen molar-refractivity contribution in [1.82, 2.24) is 9.80 Å². The Hall–Kier alpha value is -1.63. The van der Waals surface area contributed by atoms with Gasteiger partial charge in [-0.15, -0.1) is 0 Å². The van der Waals surface area contributed by atoms with Crippen LogP contribution in [-0.2, 0) is 14.3 Å². The number of carbonyl (C=O) groups is 2. The Morgan fingerprint density at radius 1 is 1.23 bits per heavy atom. The number of carbonyl (C=O) groups excluding carboxylic acids is 2. The molecular formula is C19H26ClN3O3. The van der Waals surface area contributed by atoms with Crippen molar-refractivity contribution in [3.63, 3.8) is 0 Å². The number of morpholine rings is 1. The monoisotopic (exact) mass is 379 g/mol. The van der Waals surface area contributed by atoms with Gasteiger partial charge in [0, 0.05) is 43.3 Å². The van der Waals surface area contributed by atoms with Crippen LogP contribution in [0.1, 0.15) is 19.3 Å². The molecule has 2 aliphatic heterocycles. The van der Waals surface area contributed by atoms with Crippen molar-refractivity contribution >= 4 is 29.1 Å². The number of anilines is 1. The molecule has 2 amide bonds. The van der Waals surface area contributed by atoms with Crippen molar-refractivity contribution in [2.45, 2.75) is 19.3 Å². The lowest BCUT2D eigenvalue weighted by Crippen LogP contribution is -2.48. The fourth-order valence-electron chi connectivity index (χ4n) is 3.55. The van der Waals surface area contributed by atoms with Gasteiger partial charge in [0.15, 0.2) is 0 Å². The van der Waals surface area contributed by atoms with E-state index in [0.29, 0.717) is 50.0 Å². The van der Waals surface area contributed by atoms with E-state index in [-0.39, 0.29) is 17.7 Å². The number of hydrogen-bond acceptors (Lipinski definition) is 4. The van der Waals surface area contributed by atoms with Gasteiger partial charge in [-0.2, -0.15) is 0 Å². The normalized spacial score (nSPS) is 21.4. The van der Waals surface area contributed by atoms with E-state index in [9.17, 15) is 9.59 Å². The van der Waals surface area contributed by atoms with Gasteiger partial charge >= 0.3 is 0 Å². The van der Waals surface area contributed by atoms with E-state index >= 15 is 0 Å². The Kier molecular flexibility index (Phi) is 6.88. The zero-order chi connectivity index (χ0) is 18.4. The summed E-state index contributed by atoms with van der Waals surface area (Å²) in [7, 11) is 0. The first-order valence-electron chi connectivity index (χ1n) is 9.26. The van der Waals surface area contributed by atoms with Gasteiger partial charge in [-0.3, -0.25) is 9.59 Å². The van der Waals surface area contributed by atoms with Gasteiger partial charge in [0.05, 0.1) is 19.1 Å². The van der Waals surface area contributed by atoms with Crippen LogP contribution in [0.2, 0.25) is 5.02 Å². The molecule has 142 valence electrons. The lowest BCUT2D eigenvalue weighted by Gasteiger charge is -2.36. The van der Waals surface area contributed by atoms with Gasteiger partial charge in [-0.1, -0.05) is 17.7 Å². The SMILES string of the molecule is O=C(CCN1CCCC(C(=O)N2CCOCC2)C1)Nc1cccc(Cl)c1. The number of benzene rings is 1. The highest BCUT2D eigenvalue weighted by atomic mass is 35.5. The van der Waals surface area contributed by atoms with Crippen LogP contribution in [0.15, 0.2) is 24.3 Å². The topological polar surface area (TPSA) is 61.9 Å². The highest BCUT2D eigenvalue weighted by Crippen LogP contribution is 2.20. The lowest BCUT2D eigenvalue weighted by atomic mass is 9.96. The molecule has 1 unspecified atom stereocenters. The van der Waals surface area contributed by atoms with Crippen molar-refractivity contribution in [3.8, 4) is 0 Å². The molecular weight excluding hydrogens is 354 g/mol. The van der Waals surface area contributed by atoms with Crippen molar-refractivity contribution in [1.29, 1.82) is 0 Å². The average Bonchev–Trinajstić information content (AvgIpc) is 2.67. The van der Waals surface area contributed by atoms with Crippen LogP contribution in [0.4, 0.5) is 5.69 Å². The Bertz CT molecular complexity index is 634. The molecule has 1 atom stereocenters. The number of ether oxygens (including phenoxy) is 1. The van der Waals surface area contributed by atoms with Crippen molar-refractivity contribution < 1.29 is 14.3 Å². The van der Waals surface area contributed by atoms with Crippen LogP contribution < -0.4 is 5.32 Å². The van der Waals surface area contributed by atoms with Gasteiger partial charge in [-0.25, -0.2) is 0 Å². The highest BCUT2D eigenvalue weighted by molar-refractivity contribution is 6.30. The molecule has 0 aliphatic carbocycles. The van der Waals surface area contributed by atoms with Gasteiger partial charge in [0.25, 0.3) is 0 Å². The Balaban J connectivity index is 1.44. The predicted molar refractivity (Wildman–Crippen MR) is 101 cm³/mol. The van der Waals surface area contributed by atoms with Crippen molar-refractivity contribution in [2.24, 2.45) is 5.92 Å². The van der Waals surface area contributed by atoms with E-state index in [2.05, 4.69) is 10.2 Å². The van der Waals surface area contributed by atoms with Gasteiger partial charge < -0.3 is 19.9 Å². The Morgan fingerprint density at radius 3 is 2.81 bits per heavy atom. The molecule has 2 fully saturated rings. The quantitative estimate of drug-likeness (QED) is 0.852. The molecule has 6 nitrogen and oxygen atoms in total. The Labute approximate surface area is 159 Å². The van der Waals surface area contributed by atoms with E-state index in [1.807, 2.05) is 17.0 Å². The maximum Gasteiger partial charge on any atom is 0.227 e. The lowest BCUT2D eigenvalue weighted by molar-refractivity contribution is -0.141. The summed E-state index contributed by atoms with van der Waals surface area (Å²) in [6.07, 6.45) is 2.34. The molecule has 0 saturated carbocycles. The number of rotatable bonds is 5. The first-order chi connectivity index (χ1) is 12.6. The number of nitrogens with zero attached hydrogens (tertiary/aromatic N) is 2. The number of likely N-dealkylation sites (tertiary alicyclic amines) is 1. The third-order valence-corrected chi connectivity index (χ3v) is 5.18. The summed E-state index contributed by atoms with van der Waals surface area (Å²) in [6.45, 7) is 4.99. The molecule has 2 heterocycles. The zero-order valence-electron chi connectivity index (χ0n) is 15.0. The number of amides is 2. The standard InChI is InChI=1S/C19H26ClN3O3/c20-16-4-1-5-17(13-16)21-18(24)6-8-22-7-2-3-15(14-22)19(25)23-9-11-26-12-10-23/h1,4-5,13,15H,2-3,6-12,14H2,(H,21,24). The molecule has 3 rings (SSSR count). The summed E-state index contributed by atoms with van der Waals surface area (Å²) in [5.41, 5.74) is 0.710. The molecule has 0 aromatic heterocycles. The third kappa shape index (κ3) is 5.43. The molecule has 0 bridgehead atoms. The largest absolute Gasteiger partial charge is 0.378 e. The van der Waals surface area contributed by atoms with Gasteiger partial charge in [-0.05, 0) is 37.6 Å². The molecule has 0 radical (unpaired) electrons. The maximum atomic E-state index is 12.7. The number of hydrogen-bond donors (Lipinski definition) is 1.